The summed E-state index contributed by atoms with van der Waals surface area (Å²) in [7, 11) is -3.57. The standard InChI is InChI=1S/C10H17NO6S/c1-10(2,18(3,15)16)9(14)11-4-5-17-7(6-11)8(12)13/h7H,4-6H2,1-3H3,(H,12,13). The van der Waals surface area contributed by atoms with Crippen molar-refractivity contribution in [1.29, 1.82) is 0 Å². The summed E-state index contributed by atoms with van der Waals surface area (Å²) < 4.78 is 26.5. The number of sulfone groups is 1. The predicted octanol–water partition coefficient (Wildman–Crippen LogP) is -0.878. The van der Waals surface area contributed by atoms with Gasteiger partial charge in [-0.2, -0.15) is 0 Å². The van der Waals surface area contributed by atoms with E-state index in [0.717, 1.165) is 6.26 Å². The molecule has 1 amide bonds. The second-order valence-electron chi connectivity index (χ2n) is 4.73. The van der Waals surface area contributed by atoms with Gasteiger partial charge in [-0.15, -0.1) is 0 Å². The number of aliphatic carboxylic acids is 1. The van der Waals surface area contributed by atoms with Crippen molar-refractivity contribution in [1.82, 2.24) is 4.90 Å². The Morgan fingerprint density at radius 3 is 2.39 bits per heavy atom. The second kappa shape index (κ2) is 4.85. The van der Waals surface area contributed by atoms with Gasteiger partial charge in [-0.05, 0) is 13.8 Å². The van der Waals surface area contributed by atoms with Crippen LogP contribution < -0.4 is 0 Å². The Morgan fingerprint density at radius 1 is 1.39 bits per heavy atom. The van der Waals surface area contributed by atoms with Gasteiger partial charge in [-0.1, -0.05) is 0 Å². The van der Waals surface area contributed by atoms with Crippen molar-refractivity contribution in [3.8, 4) is 0 Å². The molecule has 0 spiro atoms. The molecule has 1 saturated heterocycles. The summed E-state index contributed by atoms with van der Waals surface area (Å²) in [6, 6.07) is 0. The lowest BCUT2D eigenvalue weighted by molar-refractivity contribution is -0.159. The maximum Gasteiger partial charge on any atom is 0.334 e. The number of carbonyl (C=O) groups is 2. The van der Waals surface area contributed by atoms with Gasteiger partial charge in [-0.3, -0.25) is 4.79 Å². The molecule has 0 saturated carbocycles. The maximum atomic E-state index is 12.1. The first-order valence-corrected chi connectivity index (χ1v) is 7.30. The number of ether oxygens (including phenoxy) is 1. The summed E-state index contributed by atoms with van der Waals surface area (Å²) in [5, 5.41) is 8.82. The van der Waals surface area contributed by atoms with E-state index in [4.69, 9.17) is 9.84 Å². The molecular formula is C10H17NO6S. The van der Waals surface area contributed by atoms with Gasteiger partial charge in [0.05, 0.1) is 13.2 Å². The highest BCUT2D eigenvalue weighted by atomic mass is 32.2. The van der Waals surface area contributed by atoms with Crippen LogP contribution in [0.5, 0.6) is 0 Å². The van der Waals surface area contributed by atoms with Crippen LogP contribution >= 0.6 is 0 Å². The molecule has 18 heavy (non-hydrogen) atoms. The van der Waals surface area contributed by atoms with Crippen LogP contribution in [0.3, 0.4) is 0 Å². The highest BCUT2D eigenvalue weighted by Crippen LogP contribution is 2.20. The monoisotopic (exact) mass is 279 g/mol. The minimum absolute atomic E-state index is 0.0859. The van der Waals surface area contributed by atoms with Crippen LogP contribution in [-0.4, -0.2) is 67.1 Å². The zero-order valence-electron chi connectivity index (χ0n) is 10.5. The third-order valence-electron chi connectivity index (χ3n) is 3.07. The highest BCUT2D eigenvalue weighted by molar-refractivity contribution is 7.92. The van der Waals surface area contributed by atoms with Crippen molar-refractivity contribution in [3.05, 3.63) is 0 Å². The normalized spacial score (nSPS) is 21.7. The van der Waals surface area contributed by atoms with E-state index in [1.54, 1.807) is 0 Å². The maximum absolute atomic E-state index is 12.1. The van der Waals surface area contributed by atoms with Crippen LogP contribution in [0.15, 0.2) is 0 Å². The molecule has 0 bridgehead atoms. The first-order chi connectivity index (χ1) is 8.07. The molecule has 7 nitrogen and oxygen atoms in total. The topological polar surface area (TPSA) is 101 Å². The Bertz CT molecular complexity index is 455. The summed E-state index contributed by atoms with van der Waals surface area (Å²) in [6.07, 6.45) is -0.113. The van der Waals surface area contributed by atoms with E-state index < -0.39 is 32.6 Å². The van der Waals surface area contributed by atoms with E-state index in [1.165, 1.54) is 18.7 Å². The van der Waals surface area contributed by atoms with Crippen LogP contribution in [0.4, 0.5) is 0 Å². The Morgan fingerprint density at radius 2 is 1.94 bits per heavy atom. The van der Waals surface area contributed by atoms with Crippen molar-refractivity contribution >= 4 is 21.7 Å². The molecule has 1 rings (SSSR count). The Balaban J connectivity index is 2.88. The van der Waals surface area contributed by atoms with E-state index in [2.05, 4.69) is 0 Å². The average Bonchev–Trinajstić information content (AvgIpc) is 2.26. The summed E-state index contributed by atoms with van der Waals surface area (Å²) >= 11 is 0. The average molecular weight is 279 g/mol. The number of hydrogen-bond acceptors (Lipinski definition) is 5. The number of nitrogens with zero attached hydrogens (tertiary/aromatic N) is 1. The van der Waals surface area contributed by atoms with Crippen LogP contribution in [-0.2, 0) is 24.2 Å². The fourth-order valence-electron chi connectivity index (χ4n) is 1.52. The summed E-state index contributed by atoms with van der Waals surface area (Å²) in [5.41, 5.74) is 0. The van der Waals surface area contributed by atoms with Gasteiger partial charge in [-0.25, -0.2) is 13.2 Å². The molecule has 0 aromatic carbocycles. The molecule has 1 N–H and O–H groups in total. The van der Waals surface area contributed by atoms with Gasteiger partial charge in [0, 0.05) is 12.8 Å². The quantitative estimate of drug-likeness (QED) is 0.720. The Kier molecular flexibility index (Phi) is 4.02. The largest absolute Gasteiger partial charge is 0.479 e. The first-order valence-electron chi connectivity index (χ1n) is 5.40. The SMILES string of the molecule is CC(C)(C(=O)N1CCOC(C(=O)O)C1)S(C)(=O)=O. The third kappa shape index (κ3) is 2.81. The van der Waals surface area contributed by atoms with Crippen LogP contribution in [0.1, 0.15) is 13.8 Å². The van der Waals surface area contributed by atoms with E-state index in [9.17, 15) is 18.0 Å². The molecule has 1 heterocycles. The first kappa shape index (κ1) is 14.9. The van der Waals surface area contributed by atoms with Crippen LogP contribution in [0, 0.1) is 0 Å². The van der Waals surface area contributed by atoms with Gasteiger partial charge in [0.2, 0.25) is 5.91 Å². The molecule has 0 aromatic rings. The molecule has 0 radical (unpaired) electrons. The Hall–Kier alpha value is -1.15. The minimum Gasteiger partial charge on any atom is -0.479 e. The van der Waals surface area contributed by atoms with Gasteiger partial charge < -0.3 is 14.7 Å². The van der Waals surface area contributed by atoms with E-state index in [-0.39, 0.29) is 19.7 Å². The number of amides is 1. The molecule has 0 aliphatic carbocycles. The molecule has 104 valence electrons. The minimum atomic E-state index is -3.57. The fourth-order valence-corrected chi connectivity index (χ4v) is 1.97. The van der Waals surface area contributed by atoms with Gasteiger partial charge in [0.25, 0.3) is 0 Å². The number of carboxylic acids is 1. The molecular weight excluding hydrogens is 262 g/mol. The number of carboxylic acid groups (broad SMARTS) is 1. The van der Waals surface area contributed by atoms with E-state index in [0.29, 0.717) is 0 Å². The lowest BCUT2D eigenvalue weighted by Crippen LogP contribution is -2.56. The zero-order valence-corrected chi connectivity index (χ0v) is 11.4. The Labute approximate surface area is 106 Å². The van der Waals surface area contributed by atoms with Crippen molar-refractivity contribution in [3.63, 3.8) is 0 Å². The van der Waals surface area contributed by atoms with Gasteiger partial charge in [0.1, 0.15) is 4.75 Å². The van der Waals surface area contributed by atoms with Crippen LogP contribution in [0.2, 0.25) is 0 Å². The number of rotatable bonds is 3. The number of hydrogen-bond donors (Lipinski definition) is 1. The third-order valence-corrected chi connectivity index (χ3v) is 5.10. The van der Waals surface area contributed by atoms with Crippen molar-refractivity contribution in [2.45, 2.75) is 24.7 Å². The molecule has 1 aliphatic heterocycles. The van der Waals surface area contributed by atoms with Gasteiger partial charge in [0.15, 0.2) is 15.9 Å². The number of morpholine rings is 1. The van der Waals surface area contributed by atoms with Crippen LogP contribution in [0.25, 0.3) is 0 Å². The lowest BCUT2D eigenvalue weighted by Gasteiger charge is -2.35. The molecule has 1 unspecified atom stereocenters. The molecule has 0 aromatic heterocycles. The zero-order chi connectivity index (χ0) is 14.1. The lowest BCUT2D eigenvalue weighted by atomic mass is 10.1. The van der Waals surface area contributed by atoms with Crippen molar-refractivity contribution < 1.29 is 27.9 Å². The highest BCUT2D eigenvalue weighted by Gasteiger charge is 2.43. The molecule has 8 heteroatoms. The van der Waals surface area contributed by atoms with E-state index >= 15 is 0 Å². The summed E-state index contributed by atoms with van der Waals surface area (Å²) in [6.45, 7) is 2.78. The van der Waals surface area contributed by atoms with Crippen molar-refractivity contribution in [2.24, 2.45) is 0 Å². The summed E-state index contributed by atoms with van der Waals surface area (Å²) in [4.78, 5) is 24.1. The molecule has 1 fully saturated rings. The van der Waals surface area contributed by atoms with Crippen molar-refractivity contribution in [2.75, 3.05) is 26.0 Å². The smallest absolute Gasteiger partial charge is 0.334 e. The number of carbonyl (C=O) groups excluding carboxylic acids is 1. The van der Waals surface area contributed by atoms with Gasteiger partial charge >= 0.3 is 5.97 Å². The molecule has 1 aliphatic rings. The predicted molar refractivity (Wildman–Crippen MR) is 62.9 cm³/mol. The second-order valence-corrected chi connectivity index (χ2v) is 7.30. The van der Waals surface area contributed by atoms with E-state index in [1.807, 2.05) is 0 Å². The molecule has 1 atom stereocenters. The summed E-state index contributed by atoms with van der Waals surface area (Å²) in [5.74, 6) is -1.76. The fraction of sp³-hybridized carbons (Fsp3) is 0.800.